The molecule has 2 aromatic rings. The van der Waals surface area contributed by atoms with Gasteiger partial charge in [-0.1, -0.05) is 41.9 Å². The van der Waals surface area contributed by atoms with Crippen molar-refractivity contribution in [1.82, 2.24) is 15.5 Å². The van der Waals surface area contributed by atoms with Gasteiger partial charge in [0.05, 0.1) is 5.41 Å². The first-order valence-electron chi connectivity index (χ1n) is 7.44. The fourth-order valence-corrected chi connectivity index (χ4v) is 3.81. The smallest absolute Gasteiger partial charge is 0.234 e. The van der Waals surface area contributed by atoms with Crippen LogP contribution in [0.25, 0.3) is 0 Å². The van der Waals surface area contributed by atoms with Gasteiger partial charge in [-0.2, -0.15) is 4.98 Å². The molecule has 4 rings (SSSR count). The molecule has 0 radical (unpaired) electrons. The molecule has 1 aliphatic carbocycles. The third-order valence-corrected chi connectivity index (χ3v) is 4.89. The highest BCUT2D eigenvalue weighted by Crippen LogP contribution is 2.47. The first kappa shape index (κ1) is 14.5. The average Bonchev–Trinajstić information content (AvgIpc) is 3.13. The van der Waals surface area contributed by atoms with Crippen molar-refractivity contribution in [3.8, 4) is 0 Å². The predicted molar refractivity (Wildman–Crippen MR) is 82.7 cm³/mol. The number of nitrogens with zero attached hydrogens (tertiary/aromatic N) is 2. The van der Waals surface area contributed by atoms with Gasteiger partial charge in [0.1, 0.15) is 0 Å². The van der Waals surface area contributed by atoms with Gasteiger partial charge in [0.2, 0.25) is 5.89 Å². The van der Waals surface area contributed by atoms with Crippen LogP contribution in [0.3, 0.4) is 0 Å². The Kier molecular flexibility index (Phi) is 4.00. The van der Waals surface area contributed by atoms with Crippen LogP contribution in [-0.4, -0.2) is 23.2 Å². The molecular weight excluding hydrogens is 286 g/mol. The predicted octanol–water partition coefficient (Wildman–Crippen LogP) is 2.72. The molecule has 2 fully saturated rings. The molecule has 112 valence electrons. The number of nitrogens with one attached hydrogen (secondary N) is 1. The maximum Gasteiger partial charge on any atom is 0.234 e. The Labute approximate surface area is 130 Å². The zero-order valence-electron chi connectivity index (χ0n) is 11.9. The summed E-state index contributed by atoms with van der Waals surface area (Å²) >= 11 is 0. The van der Waals surface area contributed by atoms with E-state index in [0.717, 1.165) is 31.2 Å². The fourth-order valence-electron chi connectivity index (χ4n) is 3.81. The highest BCUT2D eigenvalue weighted by molar-refractivity contribution is 5.85. The van der Waals surface area contributed by atoms with E-state index in [4.69, 9.17) is 9.51 Å². The Balaban J connectivity index is 0.00000132. The summed E-state index contributed by atoms with van der Waals surface area (Å²) in [6.07, 6.45) is 4.49. The van der Waals surface area contributed by atoms with Gasteiger partial charge < -0.3 is 9.84 Å². The maximum atomic E-state index is 5.62. The van der Waals surface area contributed by atoms with E-state index >= 15 is 0 Å². The first-order valence-corrected chi connectivity index (χ1v) is 7.44. The van der Waals surface area contributed by atoms with Gasteiger partial charge in [0.25, 0.3) is 0 Å². The quantitative estimate of drug-likeness (QED) is 0.947. The van der Waals surface area contributed by atoms with Crippen molar-refractivity contribution in [1.29, 1.82) is 0 Å². The highest BCUT2D eigenvalue weighted by Gasteiger charge is 2.51. The van der Waals surface area contributed by atoms with E-state index in [0.29, 0.717) is 5.92 Å². The summed E-state index contributed by atoms with van der Waals surface area (Å²) in [6.45, 7) is 2.08. The van der Waals surface area contributed by atoms with Gasteiger partial charge in [-0.3, -0.25) is 0 Å². The van der Waals surface area contributed by atoms with Gasteiger partial charge >= 0.3 is 0 Å². The normalized spacial score (nSPS) is 27.3. The molecule has 1 aliphatic heterocycles. The molecule has 2 aliphatic rings. The van der Waals surface area contributed by atoms with E-state index in [2.05, 4.69) is 22.6 Å². The third-order valence-electron chi connectivity index (χ3n) is 4.89. The number of benzene rings is 1. The van der Waals surface area contributed by atoms with Crippen LogP contribution in [0.1, 0.15) is 36.5 Å². The maximum absolute atomic E-state index is 5.62. The number of halogens is 1. The molecule has 1 aromatic heterocycles. The van der Waals surface area contributed by atoms with Gasteiger partial charge in [0, 0.05) is 13.0 Å². The van der Waals surface area contributed by atoms with Crippen LogP contribution < -0.4 is 5.32 Å². The molecule has 0 spiro atoms. The van der Waals surface area contributed by atoms with Crippen molar-refractivity contribution in [2.24, 2.45) is 5.92 Å². The van der Waals surface area contributed by atoms with Crippen LogP contribution in [0, 0.1) is 5.92 Å². The van der Waals surface area contributed by atoms with Gasteiger partial charge in [-0.05, 0) is 30.9 Å². The summed E-state index contributed by atoms with van der Waals surface area (Å²) in [4.78, 5) is 4.70. The van der Waals surface area contributed by atoms with Crippen molar-refractivity contribution in [2.45, 2.75) is 31.1 Å². The minimum absolute atomic E-state index is 0. The molecule has 1 aromatic carbocycles. The summed E-state index contributed by atoms with van der Waals surface area (Å²) in [5.41, 5.74) is 1.34. The summed E-state index contributed by atoms with van der Waals surface area (Å²) in [5.74, 6) is 2.33. The second-order valence-electron chi connectivity index (χ2n) is 6.05. The monoisotopic (exact) mass is 305 g/mol. The van der Waals surface area contributed by atoms with Crippen molar-refractivity contribution >= 4 is 12.4 Å². The molecule has 4 nitrogen and oxygen atoms in total. The minimum atomic E-state index is 0. The number of aromatic nitrogens is 2. The zero-order valence-corrected chi connectivity index (χ0v) is 12.7. The molecule has 0 amide bonds. The van der Waals surface area contributed by atoms with Crippen LogP contribution in [-0.2, 0) is 11.8 Å². The second kappa shape index (κ2) is 5.78. The summed E-state index contributed by atoms with van der Waals surface area (Å²) in [6, 6.07) is 10.3. The van der Waals surface area contributed by atoms with Crippen LogP contribution in [0.4, 0.5) is 0 Å². The third kappa shape index (κ3) is 2.47. The van der Waals surface area contributed by atoms with Gasteiger partial charge in [-0.15, -0.1) is 12.4 Å². The number of fused-ring (bicyclic) bond motifs is 1. The van der Waals surface area contributed by atoms with Crippen molar-refractivity contribution in [2.75, 3.05) is 13.1 Å². The molecule has 1 saturated heterocycles. The Morgan fingerprint density at radius 3 is 3.00 bits per heavy atom. The minimum Gasteiger partial charge on any atom is -0.339 e. The van der Waals surface area contributed by atoms with E-state index in [1.165, 1.54) is 24.8 Å². The molecule has 5 heteroatoms. The Morgan fingerprint density at radius 1 is 1.29 bits per heavy atom. The first-order chi connectivity index (χ1) is 9.87. The van der Waals surface area contributed by atoms with E-state index in [1.807, 2.05) is 18.2 Å². The molecule has 2 atom stereocenters. The molecule has 1 N–H and O–H groups in total. The zero-order chi connectivity index (χ0) is 13.4. The fraction of sp³-hybridized carbons (Fsp3) is 0.500. The Morgan fingerprint density at radius 2 is 2.14 bits per heavy atom. The van der Waals surface area contributed by atoms with Gasteiger partial charge in [-0.25, -0.2) is 0 Å². The molecule has 21 heavy (non-hydrogen) atoms. The molecule has 0 unspecified atom stereocenters. The molecular formula is C16H20ClN3O. The number of hydrogen-bond acceptors (Lipinski definition) is 4. The van der Waals surface area contributed by atoms with Crippen molar-refractivity contribution in [3.05, 3.63) is 47.6 Å². The van der Waals surface area contributed by atoms with Crippen molar-refractivity contribution in [3.63, 3.8) is 0 Å². The summed E-state index contributed by atoms with van der Waals surface area (Å²) in [7, 11) is 0. The van der Waals surface area contributed by atoms with Crippen LogP contribution in [0.15, 0.2) is 34.9 Å². The van der Waals surface area contributed by atoms with Crippen LogP contribution >= 0.6 is 12.4 Å². The van der Waals surface area contributed by atoms with Gasteiger partial charge in [0.15, 0.2) is 5.82 Å². The lowest BCUT2D eigenvalue weighted by molar-refractivity contribution is 0.264. The SMILES string of the molecule is Cl.c1ccc(Cc2noc([C@@]34CCC[C@@H]3CNC4)n2)cc1. The molecule has 2 heterocycles. The van der Waals surface area contributed by atoms with E-state index in [1.54, 1.807) is 0 Å². The summed E-state index contributed by atoms with van der Waals surface area (Å²) in [5, 5.41) is 7.69. The van der Waals surface area contributed by atoms with Crippen molar-refractivity contribution < 1.29 is 4.52 Å². The average molecular weight is 306 g/mol. The van der Waals surface area contributed by atoms with Crippen LogP contribution in [0.5, 0.6) is 0 Å². The molecule has 1 saturated carbocycles. The molecule has 0 bridgehead atoms. The summed E-state index contributed by atoms with van der Waals surface area (Å²) < 4.78 is 5.62. The lowest BCUT2D eigenvalue weighted by Crippen LogP contribution is -2.31. The van der Waals surface area contributed by atoms with E-state index < -0.39 is 0 Å². The topological polar surface area (TPSA) is 51.0 Å². The van der Waals surface area contributed by atoms with Crippen LogP contribution in [0.2, 0.25) is 0 Å². The van der Waals surface area contributed by atoms with E-state index in [9.17, 15) is 0 Å². The Hall–Kier alpha value is -1.39. The standard InChI is InChI=1S/C16H19N3O.ClH/c1-2-5-12(6-3-1)9-14-18-15(20-19-14)16-8-4-7-13(16)10-17-11-16;/h1-3,5-6,13,17H,4,7-11H2;1H/t13-,16-;/m1./s1. The number of hydrogen-bond donors (Lipinski definition) is 1. The van der Waals surface area contributed by atoms with E-state index in [-0.39, 0.29) is 17.8 Å². The number of rotatable bonds is 3. The largest absolute Gasteiger partial charge is 0.339 e. The Bertz CT molecular complexity index is 589. The lowest BCUT2D eigenvalue weighted by Gasteiger charge is -2.22. The lowest BCUT2D eigenvalue weighted by atomic mass is 9.80. The second-order valence-corrected chi connectivity index (χ2v) is 6.05. The highest BCUT2D eigenvalue weighted by atomic mass is 35.5.